The van der Waals surface area contributed by atoms with Crippen LogP contribution in [-0.4, -0.2) is 19.1 Å². The number of carbonyl (C=O) groups is 1. The van der Waals surface area contributed by atoms with Gasteiger partial charge in [-0.1, -0.05) is 41.9 Å². The topological polar surface area (TPSA) is 38.3 Å². The van der Waals surface area contributed by atoms with E-state index in [4.69, 9.17) is 16.3 Å². The highest BCUT2D eigenvalue weighted by molar-refractivity contribution is 7.21. The number of nitrogens with one attached hydrogen (secondary N) is 1. The Hall–Kier alpha value is -1.95. The second-order valence-corrected chi connectivity index (χ2v) is 7.35. The summed E-state index contributed by atoms with van der Waals surface area (Å²) in [6.45, 7) is 3.03. The van der Waals surface area contributed by atoms with Crippen LogP contribution < -0.4 is 5.32 Å². The van der Waals surface area contributed by atoms with E-state index in [0.717, 1.165) is 5.56 Å². The molecule has 0 aliphatic rings. The molecule has 1 amide bonds. The number of carbonyl (C=O) groups excluding carboxylic acids is 1. The second kappa shape index (κ2) is 8.62. The molecule has 1 heterocycles. The van der Waals surface area contributed by atoms with Gasteiger partial charge in [-0.3, -0.25) is 4.79 Å². The average molecular weight is 392 g/mol. The highest BCUT2D eigenvalue weighted by Crippen LogP contribution is 2.35. The molecule has 3 aromatic rings. The van der Waals surface area contributed by atoms with Crippen molar-refractivity contribution in [2.45, 2.75) is 19.4 Å². The minimum Gasteiger partial charge on any atom is -0.374 e. The molecular formula is C20H19ClFNO2S. The molecule has 6 heteroatoms. The molecule has 0 aliphatic carbocycles. The van der Waals surface area contributed by atoms with Crippen LogP contribution in [0.1, 0.15) is 34.7 Å². The van der Waals surface area contributed by atoms with Crippen LogP contribution in [0.3, 0.4) is 0 Å². The smallest absolute Gasteiger partial charge is 0.262 e. The third kappa shape index (κ3) is 4.41. The Labute approximate surface area is 160 Å². The van der Waals surface area contributed by atoms with E-state index in [-0.39, 0.29) is 17.8 Å². The summed E-state index contributed by atoms with van der Waals surface area (Å²) < 4.78 is 19.8. The van der Waals surface area contributed by atoms with Gasteiger partial charge < -0.3 is 10.1 Å². The van der Waals surface area contributed by atoms with Gasteiger partial charge in [0.05, 0.1) is 11.1 Å². The van der Waals surface area contributed by atoms with E-state index in [9.17, 15) is 9.18 Å². The lowest BCUT2D eigenvalue weighted by Crippen LogP contribution is -2.24. The molecule has 0 saturated heterocycles. The van der Waals surface area contributed by atoms with Crippen LogP contribution in [0, 0.1) is 5.82 Å². The highest BCUT2D eigenvalue weighted by Gasteiger charge is 2.17. The monoisotopic (exact) mass is 391 g/mol. The van der Waals surface area contributed by atoms with E-state index in [1.54, 1.807) is 6.07 Å². The first-order valence-electron chi connectivity index (χ1n) is 8.38. The molecule has 0 spiro atoms. The molecule has 0 bridgehead atoms. The summed E-state index contributed by atoms with van der Waals surface area (Å²) in [5.41, 5.74) is 1.13. The van der Waals surface area contributed by atoms with E-state index in [2.05, 4.69) is 5.32 Å². The molecule has 0 saturated carbocycles. The normalized spacial score (nSPS) is 12.3. The number of rotatable bonds is 7. The third-order valence-corrected chi connectivity index (χ3v) is 5.70. The van der Waals surface area contributed by atoms with Gasteiger partial charge >= 0.3 is 0 Å². The van der Waals surface area contributed by atoms with Crippen LogP contribution in [0.5, 0.6) is 0 Å². The molecule has 0 fully saturated rings. The molecule has 0 aliphatic heterocycles. The van der Waals surface area contributed by atoms with Gasteiger partial charge in [0.1, 0.15) is 10.7 Å². The standard InChI is InChI=1S/C20H19ClFNO2S/c1-13(14-6-3-2-4-7-14)25-11-5-10-23-20(24)19-18(21)16-9-8-15(22)12-17(16)26-19/h2-4,6-9,12-13H,5,10-11H2,1H3,(H,23,24). The van der Waals surface area contributed by atoms with Crippen LogP contribution in [0.2, 0.25) is 5.02 Å². The Bertz CT molecular complexity index is 897. The SMILES string of the molecule is CC(OCCCNC(=O)c1sc2cc(F)ccc2c1Cl)c1ccccc1. The number of thiophene rings is 1. The minimum absolute atomic E-state index is 0.0128. The van der Waals surface area contributed by atoms with Crippen LogP contribution in [0.15, 0.2) is 48.5 Å². The van der Waals surface area contributed by atoms with Crippen molar-refractivity contribution >= 4 is 38.9 Å². The van der Waals surface area contributed by atoms with Crippen LogP contribution in [0.25, 0.3) is 10.1 Å². The Morgan fingerprint density at radius 1 is 1.27 bits per heavy atom. The summed E-state index contributed by atoms with van der Waals surface area (Å²) in [7, 11) is 0. The van der Waals surface area contributed by atoms with Crippen LogP contribution >= 0.6 is 22.9 Å². The zero-order valence-corrected chi connectivity index (χ0v) is 15.9. The zero-order valence-electron chi connectivity index (χ0n) is 14.3. The number of fused-ring (bicyclic) bond motifs is 1. The van der Waals surface area contributed by atoms with Crippen molar-refractivity contribution in [1.29, 1.82) is 0 Å². The summed E-state index contributed by atoms with van der Waals surface area (Å²) in [6, 6.07) is 14.3. The predicted molar refractivity (Wildman–Crippen MR) is 105 cm³/mol. The molecule has 1 aromatic heterocycles. The Kier molecular flexibility index (Phi) is 6.25. The first kappa shape index (κ1) is 18.8. The molecule has 0 radical (unpaired) electrons. The number of benzene rings is 2. The van der Waals surface area contributed by atoms with Gasteiger partial charge in [0.15, 0.2) is 0 Å². The predicted octanol–water partition coefficient (Wildman–Crippen LogP) is 5.59. The van der Waals surface area contributed by atoms with Crippen molar-refractivity contribution in [3.8, 4) is 0 Å². The van der Waals surface area contributed by atoms with Crippen molar-refractivity contribution in [2.75, 3.05) is 13.2 Å². The third-order valence-electron chi connectivity index (χ3n) is 4.04. The molecule has 3 nitrogen and oxygen atoms in total. The average Bonchev–Trinajstić information content (AvgIpc) is 2.97. The summed E-state index contributed by atoms with van der Waals surface area (Å²) in [4.78, 5) is 12.7. The van der Waals surface area contributed by atoms with Gasteiger partial charge in [-0.2, -0.15) is 0 Å². The summed E-state index contributed by atoms with van der Waals surface area (Å²) in [5.74, 6) is -0.584. The molecule has 1 N–H and O–H groups in total. The largest absolute Gasteiger partial charge is 0.374 e. The lowest BCUT2D eigenvalue weighted by Gasteiger charge is -2.13. The minimum atomic E-state index is -0.341. The summed E-state index contributed by atoms with van der Waals surface area (Å²) >= 11 is 7.45. The Balaban J connectivity index is 1.48. The van der Waals surface area contributed by atoms with Gasteiger partial charge in [-0.25, -0.2) is 4.39 Å². The maximum absolute atomic E-state index is 13.3. The van der Waals surface area contributed by atoms with Gasteiger partial charge in [-0.15, -0.1) is 11.3 Å². The molecule has 3 rings (SSSR count). The van der Waals surface area contributed by atoms with Gasteiger partial charge in [0.25, 0.3) is 5.91 Å². The molecule has 1 atom stereocenters. The Morgan fingerprint density at radius 3 is 2.81 bits per heavy atom. The molecule has 136 valence electrons. The first-order chi connectivity index (χ1) is 12.6. The van der Waals surface area contributed by atoms with E-state index in [1.165, 1.54) is 23.5 Å². The van der Waals surface area contributed by atoms with Crippen molar-refractivity contribution in [1.82, 2.24) is 5.32 Å². The second-order valence-electron chi connectivity index (χ2n) is 5.92. The number of halogens is 2. The summed E-state index contributed by atoms with van der Waals surface area (Å²) in [6.07, 6.45) is 0.707. The van der Waals surface area contributed by atoms with E-state index in [0.29, 0.717) is 39.6 Å². The van der Waals surface area contributed by atoms with Crippen molar-refractivity contribution in [3.63, 3.8) is 0 Å². The maximum atomic E-state index is 13.3. The van der Waals surface area contributed by atoms with Crippen LogP contribution in [-0.2, 0) is 4.74 Å². The van der Waals surface area contributed by atoms with Gasteiger partial charge in [0.2, 0.25) is 0 Å². The van der Waals surface area contributed by atoms with Crippen LogP contribution in [0.4, 0.5) is 4.39 Å². The van der Waals surface area contributed by atoms with Crippen molar-refractivity contribution < 1.29 is 13.9 Å². The maximum Gasteiger partial charge on any atom is 0.262 e. The first-order valence-corrected chi connectivity index (χ1v) is 9.58. The number of hydrogen-bond donors (Lipinski definition) is 1. The number of ether oxygens (including phenoxy) is 1. The summed E-state index contributed by atoms with van der Waals surface area (Å²) in [5, 5.41) is 3.91. The fourth-order valence-electron chi connectivity index (χ4n) is 2.62. The molecular weight excluding hydrogens is 373 g/mol. The lowest BCUT2D eigenvalue weighted by molar-refractivity contribution is 0.0635. The lowest BCUT2D eigenvalue weighted by atomic mass is 10.1. The zero-order chi connectivity index (χ0) is 18.5. The Morgan fingerprint density at radius 2 is 2.04 bits per heavy atom. The highest BCUT2D eigenvalue weighted by atomic mass is 35.5. The molecule has 26 heavy (non-hydrogen) atoms. The van der Waals surface area contributed by atoms with E-state index >= 15 is 0 Å². The van der Waals surface area contributed by atoms with Gasteiger partial charge in [-0.05, 0) is 37.1 Å². The fraction of sp³-hybridized carbons (Fsp3) is 0.250. The van der Waals surface area contributed by atoms with Gasteiger partial charge in [0, 0.05) is 23.2 Å². The van der Waals surface area contributed by atoms with E-state index in [1.807, 2.05) is 37.3 Å². The van der Waals surface area contributed by atoms with E-state index < -0.39 is 0 Å². The quantitative estimate of drug-likeness (QED) is 0.533. The van der Waals surface area contributed by atoms with Crippen molar-refractivity contribution in [2.24, 2.45) is 0 Å². The fourth-order valence-corrected chi connectivity index (χ4v) is 4.08. The molecule has 2 aromatic carbocycles. The van der Waals surface area contributed by atoms with Crippen molar-refractivity contribution in [3.05, 3.63) is 69.8 Å². The number of amides is 1. The number of hydrogen-bond acceptors (Lipinski definition) is 3. The molecule has 1 unspecified atom stereocenters.